The summed E-state index contributed by atoms with van der Waals surface area (Å²) in [6, 6.07) is 6.23. The number of hydrogen-bond donors (Lipinski definition) is 1. The second-order valence-corrected chi connectivity index (χ2v) is 5.09. The van der Waals surface area contributed by atoms with Crippen LogP contribution in [0.5, 0.6) is 0 Å². The molecule has 0 heterocycles. The van der Waals surface area contributed by atoms with Crippen molar-refractivity contribution in [2.45, 2.75) is 34.6 Å². The number of benzene rings is 1. The van der Waals surface area contributed by atoms with Gasteiger partial charge in [-0.1, -0.05) is 26.8 Å². The lowest BCUT2D eigenvalue weighted by atomic mass is 9.95. The van der Waals surface area contributed by atoms with Gasteiger partial charge in [-0.2, -0.15) is 0 Å². The summed E-state index contributed by atoms with van der Waals surface area (Å²) in [7, 11) is 0. The van der Waals surface area contributed by atoms with Gasteiger partial charge in [0.2, 0.25) is 0 Å². The monoisotopic (exact) mass is 204 g/mol. The van der Waals surface area contributed by atoms with Crippen molar-refractivity contribution in [2.75, 3.05) is 0 Å². The van der Waals surface area contributed by atoms with E-state index < -0.39 is 0 Å². The molecule has 1 rings (SSSR count). The highest BCUT2D eigenvalue weighted by molar-refractivity contribution is 5.87. The van der Waals surface area contributed by atoms with Gasteiger partial charge in [0.15, 0.2) is 0 Å². The number of nitrogens with zero attached hydrogens (tertiary/aromatic N) is 1. The minimum atomic E-state index is -0.0718. The van der Waals surface area contributed by atoms with Gasteiger partial charge in [-0.05, 0) is 37.1 Å². The van der Waals surface area contributed by atoms with Gasteiger partial charge in [-0.15, -0.1) is 0 Å². The number of aliphatic imine (C=N–C) groups is 1. The topological polar surface area (TPSA) is 38.4 Å². The fraction of sp³-hybridized carbons (Fsp3) is 0.462. The van der Waals surface area contributed by atoms with E-state index in [9.17, 15) is 0 Å². The van der Waals surface area contributed by atoms with Crippen LogP contribution in [-0.4, -0.2) is 5.84 Å². The third kappa shape index (κ3) is 3.39. The Morgan fingerprint density at radius 1 is 1.07 bits per heavy atom. The minimum absolute atomic E-state index is 0.0718. The molecule has 2 N–H and O–H groups in total. The van der Waals surface area contributed by atoms with Crippen molar-refractivity contribution in [1.29, 1.82) is 0 Å². The Labute approximate surface area is 92.2 Å². The molecule has 0 radical (unpaired) electrons. The molecule has 1 aromatic rings. The summed E-state index contributed by atoms with van der Waals surface area (Å²) in [6.07, 6.45) is 0. The number of nitrogens with two attached hydrogens (primary N) is 1. The predicted molar refractivity (Wildman–Crippen MR) is 66.7 cm³/mol. The third-order valence-corrected chi connectivity index (χ3v) is 2.22. The van der Waals surface area contributed by atoms with Crippen LogP contribution in [0.2, 0.25) is 0 Å². The van der Waals surface area contributed by atoms with Gasteiger partial charge in [-0.3, -0.25) is 0 Å². The third-order valence-electron chi connectivity index (χ3n) is 2.22. The summed E-state index contributed by atoms with van der Waals surface area (Å²) in [6.45, 7) is 10.3. The molecule has 0 amide bonds. The molecule has 0 saturated heterocycles. The molecule has 82 valence electrons. The minimum Gasteiger partial charge on any atom is -0.387 e. The van der Waals surface area contributed by atoms with Crippen LogP contribution in [0.3, 0.4) is 0 Å². The van der Waals surface area contributed by atoms with Crippen LogP contribution in [0.1, 0.15) is 31.9 Å². The zero-order chi connectivity index (χ0) is 11.6. The summed E-state index contributed by atoms with van der Waals surface area (Å²) in [4.78, 5) is 4.45. The Balaban J connectivity index is 3.08. The first-order valence-corrected chi connectivity index (χ1v) is 5.22. The van der Waals surface area contributed by atoms with Crippen LogP contribution in [0.4, 0.5) is 5.69 Å². The maximum absolute atomic E-state index is 5.93. The van der Waals surface area contributed by atoms with E-state index in [2.05, 4.69) is 45.7 Å². The maximum Gasteiger partial charge on any atom is 0.105 e. The van der Waals surface area contributed by atoms with Gasteiger partial charge >= 0.3 is 0 Å². The molecule has 2 nitrogen and oxygen atoms in total. The molecular formula is C13H20N2. The lowest BCUT2D eigenvalue weighted by molar-refractivity contribution is 0.585. The van der Waals surface area contributed by atoms with Gasteiger partial charge in [-0.25, -0.2) is 4.99 Å². The molecule has 1 aromatic carbocycles. The first-order chi connectivity index (χ1) is 6.79. The quantitative estimate of drug-likeness (QED) is 0.553. The molecule has 0 saturated carbocycles. The van der Waals surface area contributed by atoms with Gasteiger partial charge in [0.1, 0.15) is 5.84 Å². The van der Waals surface area contributed by atoms with E-state index in [1.165, 1.54) is 11.1 Å². The van der Waals surface area contributed by atoms with E-state index in [1.807, 2.05) is 12.1 Å². The van der Waals surface area contributed by atoms with E-state index >= 15 is 0 Å². The largest absolute Gasteiger partial charge is 0.387 e. The molecule has 0 atom stereocenters. The number of hydrogen-bond acceptors (Lipinski definition) is 1. The molecule has 0 fully saturated rings. The first-order valence-electron chi connectivity index (χ1n) is 5.22. The Morgan fingerprint density at radius 2 is 1.53 bits per heavy atom. The van der Waals surface area contributed by atoms with E-state index in [0.29, 0.717) is 5.84 Å². The smallest absolute Gasteiger partial charge is 0.105 e. The Hall–Kier alpha value is -1.31. The molecule has 2 heteroatoms. The fourth-order valence-corrected chi connectivity index (χ4v) is 1.32. The zero-order valence-corrected chi connectivity index (χ0v) is 10.3. The molecule has 0 aliphatic rings. The summed E-state index contributed by atoms with van der Waals surface area (Å²) < 4.78 is 0. The average molecular weight is 204 g/mol. The highest BCUT2D eigenvalue weighted by Gasteiger charge is 2.15. The molecule has 0 bridgehead atoms. The molecule has 0 aliphatic carbocycles. The van der Waals surface area contributed by atoms with Crippen LogP contribution in [0.25, 0.3) is 0 Å². The van der Waals surface area contributed by atoms with Crippen LogP contribution in [-0.2, 0) is 0 Å². The number of amidine groups is 1. The van der Waals surface area contributed by atoms with Gasteiger partial charge in [0.25, 0.3) is 0 Å². The van der Waals surface area contributed by atoms with Crippen LogP contribution < -0.4 is 5.73 Å². The van der Waals surface area contributed by atoms with Crippen molar-refractivity contribution < 1.29 is 0 Å². The summed E-state index contributed by atoms with van der Waals surface area (Å²) in [5.74, 6) is 0.674. The standard InChI is InChI=1S/C13H20N2/c1-9-6-10(2)8-11(7-9)15-12(14)13(3,4)5/h6-8H,1-5H3,(H2,14,15). The van der Waals surface area contributed by atoms with Gasteiger partial charge < -0.3 is 5.73 Å². The zero-order valence-electron chi connectivity index (χ0n) is 10.3. The van der Waals surface area contributed by atoms with Crippen molar-refractivity contribution in [2.24, 2.45) is 16.1 Å². The lowest BCUT2D eigenvalue weighted by Crippen LogP contribution is -2.28. The van der Waals surface area contributed by atoms with Crippen molar-refractivity contribution in [3.8, 4) is 0 Å². The first kappa shape index (κ1) is 11.8. The van der Waals surface area contributed by atoms with Crippen LogP contribution in [0.15, 0.2) is 23.2 Å². The van der Waals surface area contributed by atoms with Crippen LogP contribution in [0, 0.1) is 19.3 Å². The van der Waals surface area contributed by atoms with Gasteiger partial charge in [0, 0.05) is 5.41 Å². The molecule has 0 aromatic heterocycles. The SMILES string of the molecule is Cc1cc(C)cc(N=C(N)C(C)(C)C)c1. The Morgan fingerprint density at radius 3 is 1.93 bits per heavy atom. The summed E-state index contributed by atoms with van der Waals surface area (Å²) in [5.41, 5.74) is 9.24. The highest BCUT2D eigenvalue weighted by Crippen LogP contribution is 2.20. The Kier molecular flexibility index (Phi) is 3.18. The fourth-order valence-electron chi connectivity index (χ4n) is 1.32. The molecule has 15 heavy (non-hydrogen) atoms. The second kappa shape index (κ2) is 4.05. The van der Waals surface area contributed by atoms with Crippen molar-refractivity contribution >= 4 is 11.5 Å². The van der Waals surface area contributed by atoms with Crippen LogP contribution >= 0.6 is 0 Å². The second-order valence-electron chi connectivity index (χ2n) is 5.09. The summed E-state index contributed by atoms with van der Waals surface area (Å²) in [5, 5.41) is 0. The van der Waals surface area contributed by atoms with E-state index in [-0.39, 0.29) is 5.41 Å². The number of rotatable bonds is 1. The average Bonchev–Trinajstić information content (AvgIpc) is 1.99. The van der Waals surface area contributed by atoms with Crippen molar-refractivity contribution in [1.82, 2.24) is 0 Å². The Bertz CT molecular complexity index is 364. The molecular weight excluding hydrogens is 184 g/mol. The molecule has 0 unspecified atom stereocenters. The van der Waals surface area contributed by atoms with E-state index in [4.69, 9.17) is 5.73 Å². The van der Waals surface area contributed by atoms with E-state index in [1.54, 1.807) is 0 Å². The molecule has 0 aliphatic heterocycles. The summed E-state index contributed by atoms with van der Waals surface area (Å²) >= 11 is 0. The molecule has 0 spiro atoms. The van der Waals surface area contributed by atoms with Gasteiger partial charge in [0.05, 0.1) is 5.69 Å². The highest BCUT2D eigenvalue weighted by atomic mass is 14.9. The van der Waals surface area contributed by atoms with Crippen molar-refractivity contribution in [3.05, 3.63) is 29.3 Å². The van der Waals surface area contributed by atoms with E-state index in [0.717, 1.165) is 5.69 Å². The number of aryl methyl sites for hydroxylation is 2. The maximum atomic E-state index is 5.93. The predicted octanol–water partition coefficient (Wildman–Crippen LogP) is 3.34. The normalized spacial score (nSPS) is 13.0. The van der Waals surface area contributed by atoms with Crippen molar-refractivity contribution in [3.63, 3.8) is 0 Å². The lowest BCUT2D eigenvalue weighted by Gasteiger charge is -2.17.